The van der Waals surface area contributed by atoms with Gasteiger partial charge in [0, 0.05) is 37.1 Å². The SMILES string of the molecule is C=C(F)C(=O)N1CC[C@@H]2[C@H]1CN2c1nc(OC[C@@H]2CCCN2C)nc2nc(-c3cncc4c3CCCC4)ccc12. The number of halogens is 1. The van der Waals surface area contributed by atoms with Crippen LogP contribution < -0.4 is 9.64 Å². The van der Waals surface area contributed by atoms with Gasteiger partial charge in [-0.2, -0.15) is 9.97 Å². The Hall–Kier alpha value is -3.66. The first kappa shape index (κ1) is 25.3. The number of aromatic nitrogens is 4. The molecule has 40 heavy (non-hydrogen) atoms. The Morgan fingerprint density at radius 2 is 1.95 bits per heavy atom. The minimum absolute atomic E-state index is 0.0558. The summed E-state index contributed by atoms with van der Waals surface area (Å²) in [5.41, 5.74) is 5.14. The smallest absolute Gasteiger partial charge is 0.320 e. The molecule has 0 spiro atoms. The molecular weight excluding hydrogens is 509 g/mol. The number of fused-ring (bicyclic) bond motifs is 3. The van der Waals surface area contributed by atoms with Gasteiger partial charge in [0.05, 0.1) is 23.2 Å². The third-order valence-electron chi connectivity index (χ3n) is 9.20. The lowest BCUT2D eigenvalue weighted by Gasteiger charge is -2.47. The fourth-order valence-electron chi connectivity index (χ4n) is 6.92. The van der Waals surface area contributed by atoms with E-state index in [0.717, 1.165) is 61.1 Å². The first-order chi connectivity index (χ1) is 19.5. The summed E-state index contributed by atoms with van der Waals surface area (Å²) in [6.07, 6.45) is 11.3. The highest BCUT2D eigenvalue weighted by Gasteiger charge is 2.50. The lowest BCUT2D eigenvalue weighted by atomic mass is 9.89. The summed E-state index contributed by atoms with van der Waals surface area (Å²) in [6, 6.07) is 4.71. The van der Waals surface area contributed by atoms with E-state index in [1.54, 1.807) is 4.90 Å². The van der Waals surface area contributed by atoms with Crippen molar-refractivity contribution in [2.45, 2.75) is 63.1 Å². The summed E-state index contributed by atoms with van der Waals surface area (Å²) in [6.45, 7) is 5.86. The number of carbonyl (C=O) groups is 1. The van der Waals surface area contributed by atoms with Gasteiger partial charge in [-0.3, -0.25) is 9.78 Å². The number of hydrogen-bond donors (Lipinski definition) is 0. The van der Waals surface area contributed by atoms with E-state index in [0.29, 0.717) is 37.4 Å². The Labute approximate surface area is 233 Å². The first-order valence-corrected chi connectivity index (χ1v) is 14.4. The van der Waals surface area contributed by atoms with Gasteiger partial charge in [0.2, 0.25) is 0 Å². The van der Waals surface area contributed by atoms with Crippen LogP contribution in [0.15, 0.2) is 36.9 Å². The molecular formula is C30H34FN7O2. The second kappa shape index (κ2) is 10.1. The zero-order valence-corrected chi connectivity index (χ0v) is 22.9. The average molecular weight is 544 g/mol. The second-order valence-electron chi connectivity index (χ2n) is 11.5. The van der Waals surface area contributed by atoms with Gasteiger partial charge in [-0.1, -0.05) is 6.58 Å². The van der Waals surface area contributed by atoms with Gasteiger partial charge in [-0.25, -0.2) is 9.37 Å². The van der Waals surface area contributed by atoms with E-state index >= 15 is 0 Å². The van der Waals surface area contributed by atoms with E-state index in [-0.39, 0.29) is 12.1 Å². The number of ether oxygens (including phenoxy) is 1. The van der Waals surface area contributed by atoms with Crippen molar-refractivity contribution in [2.24, 2.45) is 0 Å². The Kier molecular flexibility index (Phi) is 6.37. The maximum Gasteiger partial charge on any atom is 0.320 e. The van der Waals surface area contributed by atoms with Crippen molar-refractivity contribution in [2.75, 3.05) is 38.2 Å². The molecule has 6 heterocycles. The Bertz CT molecular complexity index is 1500. The van der Waals surface area contributed by atoms with Crippen LogP contribution in [0.3, 0.4) is 0 Å². The molecule has 7 rings (SSSR count). The number of carbonyl (C=O) groups excluding carboxylic acids is 1. The van der Waals surface area contributed by atoms with Gasteiger partial charge in [0.25, 0.3) is 5.91 Å². The first-order valence-electron chi connectivity index (χ1n) is 14.4. The monoisotopic (exact) mass is 543 g/mol. The number of likely N-dealkylation sites (N-methyl/N-ethyl adjacent to an activating group) is 1. The molecule has 4 aliphatic rings. The second-order valence-corrected chi connectivity index (χ2v) is 11.5. The molecule has 3 saturated heterocycles. The van der Waals surface area contributed by atoms with Gasteiger partial charge in [0.1, 0.15) is 12.4 Å². The van der Waals surface area contributed by atoms with Crippen molar-refractivity contribution in [1.29, 1.82) is 0 Å². The summed E-state index contributed by atoms with van der Waals surface area (Å²) < 4.78 is 19.8. The molecule has 0 aromatic carbocycles. The summed E-state index contributed by atoms with van der Waals surface area (Å²) >= 11 is 0. The van der Waals surface area contributed by atoms with Crippen molar-refractivity contribution >= 4 is 22.8 Å². The highest BCUT2D eigenvalue weighted by atomic mass is 19.1. The predicted molar refractivity (Wildman–Crippen MR) is 150 cm³/mol. The molecule has 1 aliphatic carbocycles. The van der Waals surface area contributed by atoms with E-state index in [1.807, 2.05) is 24.5 Å². The highest BCUT2D eigenvalue weighted by Crippen LogP contribution is 2.40. The molecule has 0 unspecified atom stereocenters. The highest BCUT2D eigenvalue weighted by molar-refractivity contribution is 5.93. The van der Waals surface area contributed by atoms with Crippen molar-refractivity contribution < 1.29 is 13.9 Å². The van der Waals surface area contributed by atoms with Crippen LogP contribution in [0.1, 0.15) is 43.2 Å². The molecule has 10 heteroatoms. The Morgan fingerprint density at radius 1 is 1.07 bits per heavy atom. The minimum Gasteiger partial charge on any atom is -0.462 e. The van der Waals surface area contributed by atoms with E-state index in [4.69, 9.17) is 19.7 Å². The molecule has 3 aromatic rings. The zero-order valence-electron chi connectivity index (χ0n) is 22.9. The fraction of sp³-hybridized carbons (Fsp3) is 0.500. The number of amides is 1. The number of anilines is 1. The zero-order chi connectivity index (χ0) is 27.4. The van der Waals surface area contributed by atoms with Crippen LogP contribution in [0, 0.1) is 0 Å². The van der Waals surface area contributed by atoms with Gasteiger partial charge in [-0.05, 0) is 81.8 Å². The third kappa shape index (κ3) is 4.29. The molecule has 3 fully saturated rings. The summed E-state index contributed by atoms with van der Waals surface area (Å²) in [4.78, 5) is 37.6. The number of likely N-dealkylation sites (tertiary alicyclic amines) is 2. The van der Waals surface area contributed by atoms with Crippen molar-refractivity contribution in [3.8, 4) is 17.3 Å². The standard InChI is InChI=1S/C30H34FN7O2/c1-18(31)29(39)37-13-11-25-26(37)16-38(25)28-22-9-10-24(23-15-32-14-19-6-3-4-8-21(19)23)33-27(22)34-30(35-28)40-17-20-7-5-12-36(20)2/h9-10,14-15,20,25-26H,1,3-8,11-13,16-17H2,2H3/t20-,25+,26+/m0/s1. The largest absolute Gasteiger partial charge is 0.462 e. The maximum atomic E-state index is 13.6. The molecule has 0 radical (unpaired) electrons. The molecule has 208 valence electrons. The van der Waals surface area contributed by atoms with Crippen LogP contribution in [0.2, 0.25) is 0 Å². The van der Waals surface area contributed by atoms with Crippen LogP contribution >= 0.6 is 0 Å². The minimum atomic E-state index is -0.909. The van der Waals surface area contributed by atoms with E-state index < -0.39 is 11.7 Å². The van der Waals surface area contributed by atoms with Crippen LogP contribution in [0.25, 0.3) is 22.3 Å². The Balaban J connectivity index is 1.25. The van der Waals surface area contributed by atoms with Crippen molar-refractivity contribution in [3.63, 3.8) is 0 Å². The number of aryl methyl sites for hydroxylation is 1. The topological polar surface area (TPSA) is 87.6 Å². The van der Waals surface area contributed by atoms with Crippen molar-refractivity contribution in [3.05, 3.63) is 48.1 Å². The molecule has 1 amide bonds. The third-order valence-corrected chi connectivity index (χ3v) is 9.20. The number of hydrogen-bond acceptors (Lipinski definition) is 8. The van der Waals surface area contributed by atoms with Gasteiger partial charge in [0.15, 0.2) is 11.5 Å². The summed E-state index contributed by atoms with van der Waals surface area (Å²) in [5.74, 6) is -0.773. The average Bonchev–Trinajstić information content (AvgIpc) is 3.52. The number of rotatable bonds is 6. The summed E-state index contributed by atoms with van der Waals surface area (Å²) in [7, 11) is 2.12. The quantitative estimate of drug-likeness (QED) is 0.435. The van der Waals surface area contributed by atoms with E-state index in [1.165, 1.54) is 24.0 Å². The van der Waals surface area contributed by atoms with Crippen molar-refractivity contribution in [1.82, 2.24) is 29.7 Å². The van der Waals surface area contributed by atoms with E-state index in [9.17, 15) is 9.18 Å². The lowest BCUT2D eigenvalue weighted by Crippen LogP contribution is -2.63. The molecule has 9 nitrogen and oxygen atoms in total. The number of pyridine rings is 2. The predicted octanol–water partition coefficient (Wildman–Crippen LogP) is 3.71. The normalized spacial score (nSPS) is 24.1. The van der Waals surface area contributed by atoms with Crippen LogP contribution in [0.4, 0.5) is 10.2 Å². The van der Waals surface area contributed by atoms with Gasteiger partial charge in [-0.15, -0.1) is 0 Å². The summed E-state index contributed by atoms with van der Waals surface area (Å²) in [5, 5.41) is 0.838. The van der Waals surface area contributed by atoms with E-state index in [2.05, 4.69) is 28.4 Å². The fourth-order valence-corrected chi connectivity index (χ4v) is 6.92. The molecule has 3 atom stereocenters. The lowest BCUT2D eigenvalue weighted by molar-refractivity contribution is -0.130. The van der Waals surface area contributed by atoms with Crippen LogP contribution in [-0.2, 0) is 17.6 Å². The number of nitrogens with zero attached hydrogens (tertiary/aromatic N) is 7. The molecule has 0 saturated carbocycles. The van der Waals surface area contributed by atoms with Crippen LogP contribution in [-0.4, -0.2) is 87.1 Å². The molecule has 0 bridgehead atoms. The molecule has 0 N–H and O–H groups in total. The maximum absolute atomic E-state index is 13.6. The molecule has 3 aliphatic heterocycles. The van der Waals surface area contributed by atoms with Gasteiger partial charge >= 0.3 is 6.01 Å². The molecule has 3 aromatic heterocycles. The Morgan fingerprint density at radius 3 is 2.77 bits per heavy atom. The van der Waals surface area contributed by atoms with Gasteiger partial charge < -0.3 is 19.4 Å². The van der Waals surface area contributed by atoms with Crippen LogP contribution in [0.5, 0.6) is 6.01 Å².